The van der Waals surface area contributed by atoms with E-state index in [4.69, 9.17) is 5.11 Å². The molecule has 1 aliphatic rings. The van der Waals surface area contributed by atoms with Crippen LogP contribution in [-0.4, -0.2) is 53.6 Å². The standard InChI is InChI=1S/C16H24N2O2S/c1-3-13-11-17(2)9-4-10-18(13)12-15-6-5-14(21-15)7-8-16(19)20/h5-8,13H,3-4,9-12H2,1-2H3,(H,19,20)/b8-7+. The fraction of sp³-hybridized carbons (Fsp3) is 0.562. The SMILES string of the molecule is CCC1CN(C)CCCN1Cc1ccc(/C=C/C(=O)O)s1. The maximum atomic E-state index is 10.6. The van der Waals surface area contributed by atoms with Crippen LogP contribution >= 0.6 is 11.3 Å². The summed E-state index contributed by atoms with van der Waals surface area (Å²) < 4.78 is 0. The van der Waals surface area contributed by atoms with E-state index < -0.39 is 5.97 Å². The highest BCUT2D eigenvalue weighted by atomic mass is 32.1. The first-order valence-corrected chi connectivity index (χ1v) is 8.32. The van der Waals surface area contributed by atoms with Crippen molar-refractivity contribution in [1.29, 1.82) is 0 Å². The van der Waals surface area contributed by atoms with Crippen LogP contribution in [0.15, 0.2) is 18.2 Å². The second-order valence-electron chi connectivity index (χ2n) is 5.62. The molecule has 1 atom stereocenters. The molecule has 0 radical (unpaired) electrons. The molecule has 1 aliphatic heterocycles. The van der Waals surface area contributed by atoms with Gasteiger partial charge in [-0.05, 0) is 44.6 Å². The Morgan fingerprint density at radius 3 is 3.00 bits per heavy atom. The summed E-state index contributed by atoms with van der Waals surface area (Å²) in [5.41, 5.74) is 0. The first-order valence-electron chi connectivity index (χ1n) is 7.50. The number of carbonyl (C=O) groups is 1. The second kappa shape index (κ2) is 7.73. The number of aliphatic carboxylic acids is 1. The molecule has 0 bridgehead atoms. The van der Waals surface area contributed by atoms with Gasteiger partial charge in [-0.1, -0.05) is 6.92 Å². The molecule has 1 aromatic rings. The lowest BCUT2D eigenvalue weighted by Gasteiger charge is -2.29. The Labute approximate surface area is 130 Å². The molecule has 116 valence electrons. The van der Waals surface area contributed by atoms with E-state index in [0.717, 1.165) is 24.5 Å². The molecule has 2 heterocycles. The van der Waals surface area contributed by atoms with E-state index in [0.29, 0.717) is 6.04 Å². The van der Waals surface area contributed by atoms with Gasteiger partial charge in [0.05, 0.1) is 0 Å². The van der Waals surface area contributed by atoms with E-state index >= 15 is 0 Å². The van der Waals surface area contributed by atoms with Gasteiger partial charge in [0.2, 0.25) is 0 Å². The molecule has 4 nitrogen and oxygen atoms in total. The monoisotopic (exact) mass is 308 g/mol. The number of nitrogens with zero attached hydrogens (tertiary/aromatic N) is 2. The summed E-state index contributed by atoms with van der Waals surface area (Å²) in [6.07, 6.45) is 5.25. The van der Waals surface area contributed by atoms with Crippen LogP contribution < -0.4 is 0 Å². The Balaban J connectivity index is 2.00. The first kappa shape index (κ1) is 16.2. The van der Waals surface area contributed by atoms with Gasteiger partial charge in [-0.3, -0.25) is 4.90 Å². The lowest BCUT2D eigenvalue weighted by molar-refractivity contribution is -0.131. The van der Waals surface area contributed by atoms with Crippen LogP contribution in [0.1, 0.15) is 29.5 Å². The average Bonchev–Trinajstić information content (AvgIpc) is 2.81. The van der Waals surface area contributed by atoms with Gasteiger partial charge in [0.15, 0.2) is 0 Å². The fourth-order valence-electron chi connectivity index (χ4n) is 2.81. The summed E-state index contributed by atoms with van der Waals surface area (Å²) in [6, 6.07) is 4.73. The number of likely N-dealkylation sites (N-methyl/N-ethyl adjacent to an activating group) is 1. The molecule has 1 unspecified atom stereocenters. The lowest BCUT2D eigenvalue weighted by Crippen LogP contribution is -2.39. The van der Waals surface area contributed by atoms with Crippen molar-refractivity contribution in [3.8, 4) is 0 Å². The molecule has 1 fully saturated rings. The lowest BCUT2D eigenvalue weighted by atomic mass is 10.2. The van der Waals surface area contributed by atoms with Crippen molar-refractivity contribution in [1.82, 2.24) is 9.80 Å². The Morgan fingerprint density at radius 1 is 1.48 bits per heavy atom. The van der Waals surface area contributed by atoms with E-state index in [1.54, 1.807) is 17.4 Å². The quantitative estimate of drug-likeness (QED) is 0.850. The summed E-state index contributed by atoms with van der Waals surface area (Å²) in [6.45, 7) is 6.67. The van der Waals surface area contributed by atoms with Gasteiger partial charge in [-0.2, -0.15) is 0 Å². The van der Waals surface area contributed by atoms with E-state index in [2.05, 4.69) is 29.8 Å². The van der Waals surface area contributed by atoms with Crippen molar-refractivity contribution in [3.63, 3.8) is 0 Å². The Morgan fingerprint density at radius 2 is 2.29 bits per heavy atom. The zero-order valence-corrected chi connectivity index (χ0v) is 13.6. The van der Waals surface area contributed by atoms with Crippen molar-refractivity contribution in [2.45, 2.75) is 32.4 Å². The van der Waals surface area contributed by atoms with Crippen molar-refractivity contribution in [2.75, 3.05) is 26.7 Å². The molecule has 21 heavy (non-hydrogen) atoms. The molecule has 0 spiro atoms. The highest BCUT2D eigenvalue weighted by Gasteiger charge is 2.22. The van der Waals surface area contributed by atoms with Crippen molar-refractivity contribution >= 4 is 23.4 Å². The average molecular weight is 308 g/mol. The molecule has 0 aromatic carbocycles. The Hall–Kier alpha value is -1.17. The van der Waals surface area contributed by atoms with Gasteiger partial charge >= 0.3 is 5.97 Å². The van der Waals surface area contributed by atoms with Gasteiger partial charge in [0.25, 0.3) is 0 Å². The number of carboxylic acids is 1. The van der Waals surface area contributed by atoms with E-state index in [1.807, 2.05) is 6.07 Å². The molecular formula is C16H24N2O2S. The zero-order valence-electron chi connectivity index (χ0n) is 12.8. The molecule has 0 amide bonds. The molecule has 5 heteroatoms. The summed E-state index contributed by atoms with van der Waals surface area (Å²) in [7, 11) is 2.20. The Kier molecular flexibility index (Phi) is 5.96. The van der Waals surface area contributed by atoms with Crippen LogP contribution in [0.4, 0.5) is 0 Å². The minimum atomic E-state index is -0.897. The van der Waals surface area contributed by atoms with Crippen molar-refractivity contribution < 1.29 is 9.90 Å². The number of rotatable bonds is 5. The summed E-state index contributed by atoms with van der Waals surface area (Å²) >= 11 is 1.68. The van der Waals surface area contributed by atoms with Gasteiger partial charge in [-0.15, -0.1) is 11.3 Å². The molecule has 0 aliphatic carbocycles. The van der Waals surface area contributed by atoms with Crippen LogP contribution in [0.25, 0.3) is 6.08 Å². The zero-order chi connectivity index (χ0) is 15.2. The molecule has 1 saturated heterocycles. The normalized spacial score (nSPS) is 21.7. The minimum Gasteiger partial charge on any atom is -0.478 e. The van der Waals surface area contributed by atoms with Crippen molar-refractivity contribution in [2.24, 2.45) is 0 Å². The fourth-order valence-corrected chi connectivity index (χ4v) is 3.75. The van der Waals surface area contributed by atoms with E-state index in [9.17, 15) is 4.79 Å². The predicted molar refractivity (Wildman–Crippen MR) is 87.6 cm³/mol. The largest absolute Gasteiger partial charge is 0.478 e. The van der Waals surface area contributed by atoms with Gasteiger partial charge in [0, 0.05) is 41.5 Å². The topological polar surface area (TPSA) is 43.8 Å². The first-order chi connectivity index (χ1) is 10.1. The number of hydrogen-bond donors (Lipinski definition) is 1. The van der Waals surface area contributed by atoms with Crippen LogP contribution in [0.2, 0.25) is 0 Å². The van der Waals surface area contributed by atoms with E-state index in [-0.39, 0.29) is 0 Å². The maximum absolute atomic E-state index is 10.6. The molecule has 0 saturated carbocycles. The highest BCUT2D eigenvalue weighted by molar-refractivity contribution is 7.12. The van der Waals surface area contributed by atoms with Crippen LogP contribution in [-0.2, 0) is 11.3 Å². The molecule has 2 rings (SSSR count). The van der Waals surface area contributed by atoms with Crippen LogP contribution in [0.3, 0.4) is 0 Å². The molecule has 1 N–H and O–H groups in total. The van der Waals surface area contributed by atoms with Gasteiger partial charge < -0.3 is 10.0 Å². The third-order valence-corrected chi connectivity index (χ3v) is 4.96. The third-order valence-electron chi connectivity index (χ3n) is 3.93. The smallest absolute Gasteiger partial charge is 0.328 e. The van der Waals surface area contributed by atoms with Gasteiger partial charge in [-0.25, -0.2) is 4.79 Å². The third kappa shape index (κ3) is 4.95. The summed E-state index contributed by atoms with van der Waals surface area (Å²) in [5, 5.41) is 8.67. The maximum Gasteiger partial charge on any atom is 0.328 e. The number of thiophene rings is 1. The molecular weight excluding hydrogens is 284 g/mol. The number of hydrogen-bond acceptors (Lipinski definition) is 4. The van der Waals surface area contributed by atoms with Crippen LogP contribution in [0.5, 0.6) is 0 Å². The van der Waals surface area contributed by atoms with Crippen molar-refractivity contribution in [3.05, 3.63) is 28.0 Å². The predicted octanol–water partition coefficient (Wildman–Crippen LogP) is 2.76. The van der Waals surface area contributed by atoms with Gasteiger partial charge in [0.1, 0.15) is 0 Å². The Bertz CT molecular complexity index is 498. The van der Waals surface area contributed by atoms with Crippen LogP contribution in [0, 0.1) is 0 Å². The molecule has 1 aromatic heterocycles. The second-order valence-corrected chi connectivity index (χ2v) is 6.82. The summed E-state index contributed by atoms with van der Waals surface area (Å²) in [5.74, 6) is -0.897. The van der Waals surface area contributed by atoms with E-state index in [1.165, 1.54) is 30.3 Å². The highest BCUT2D eigenvalue weighted by Crippen LogP contribution is 2.22. The minimum absolute atomic E-state index is 0.609. The summed E-state index contributed by atoms with van der Waals surface area (Å²) in [4.78, 5) is 17.9. The number of carboxylic acid groups (broad SMARTS) is 1.